The Kier molecular flexibility index (Phi) is 9.61. The number of methoxy groups -OCH3 is 5. The molecule has 0 saturated carbocycles. The van der Waals surface area contributed by atoms with Gasteiger partial charge in [0, 0.05) is 13.1 Å². The van der Waals surface area contributed by atoms with Crippen LogP contribution in [0.3, 0.4) is 0 Å². The molecule has 0 bridgehead atoms. The van der Waals surface area contributed by atoms with E-state index in [1.807, 2.05) is 37.3 Å². The van der Waals surface area contributed by atoms with E-state index >= 15 is 0 Å². The molecule has 0 amide bonds. The lowest BCUT2D eigenvalue weighted by molar-refractivity contribution is 0.324. The van der Waals surface area contributed by atoms with Crippen molar-refractivity contribution in [2.24, 2.45) is 4.99 Å². The monoisotopic (exact) mass is 431 g/mol. The fourth-order valence-electron chi connectivity index (χ4n) is 3.13. The van der Waals surface area contributed by atoms with E-state index < -0.39 is 0 Å². The van der Waals surface area contributed by atoms with Crippen LogP contribution in [-0.4, -0.2) is 54.6 Å². The van der Waals surface area contributed by atoms with Gasteiger partial charge in [0.2, 0.25) is 5.75 Å². The first-order valence-electron chi connectivity index (χ1n) is 10.1. The fraction of sp³-hybridized carbons (Fsp3) is 0.435. The van der Waals surface area contributed by atoms with Gasteiger partial charge in [-0.3, -0.25) is 0 Å². The van der Waals surface area contributed by atoms with E-state index in [4.69, 9.17) is 23.7 Å². The number of rotatable bonds is 11. The number of guanidine groups is 1. The summed E-state index contributed by atoms with van der Waals surface area (Å²) in [6, 6.07) is 9.59. The van der Waals surface area contributed by atoms with Crippen LogP contribution in [0.5, 0.6) is 28.7 Å². The second kappa shape index (κ2) is 12.4. The van der Waals surface area contributed by atoms with Crippen LogP contribution in [0.2, 0.25) is 0 Å². The highest BCUT2D eigenvalue weighted by molar-refractivity contribution is 5.79. The molecule has 0 aliphatic rings. The molecule has 2 N–H and O–H groups in total. The lowest BCUT2D eigenvalue weighted by Crippen LogP contribution is -2.38. The summed E-state index contributed by atoms with van der Waals surface area (Å²) < 4.78 is 27.0. The van der Waals surface area contributed by atoms with E-state index in [1.165, 1.54) is 0 Å². The van der Waals surface area contributed by atoms with Crippen LogP contribution in [0, 0.1) is 0 Å². The van der Waals surface area contributed by atoms with Crippen LogP contribution < -0.4 is 34.3 Å². The highest BCUT2D eigenvalue weighted by atomic mass is 16.5. The summed E-state index contributed by atoms with van der Waals surface area (Å²) >= 11 is 0. The van der Waals surface area contributed by atoms with Crippen molar-refractivity contribution in [1.82, 2.24) is 10.6 Å². The minimum Gasteiger partial charge on any atom is -0.497 e. The van der Waals surface area contributed by atoms with E-state index in [2.05, 4.69) is 15.6 Å². The Morgan fingerprint density at radius 1 is 0.806 bits per heavy atom. The Hall–Kier alpha value is -3.29. The Bertz CT molecular complexity index is 845. The van der Waals surface area contributed by atoms with E-state index in [0.29, 0.717) is 30.3 Å². The molecule has 170 valence electrons. The molecule has 0 aliphatic carbocycles. The third-order valence-corrected chi connectivity index (χ3v) is 4.66. The normalized spacial score (nSPS) is 11.0. The topological polar surface area (TPSA) is 82.6 Å². The molecule has 0 fully saturated rings. The zero-order chi connectivity index (χ0) is 22.6. The van der Waals surface area contributed by atoms with Crippen LogP contribution in [0.25, 0.3) is 0 Å². The summed E-state index contributed by atoms with van der Waals surface area (Å²) in [5, 5.41) is 6.63. The summed E-state index contributed by atoms with van der Waals surface area (Å²) in [7, 11) is 8.11. The van der Waals surface area contributed by atoms with Crippen molar-refractivity contribution in [2.75, 3.05) is 48.6 Å². The largest absolute Gasteiger partial charge is 0.497 e. The maximum atomic E-state index is 5.45. The molecule has 8 heteroatoms. The Labute approximate surface area is 184 Å². The maximum absolute atomic E-state index is 5.45. The van der Waals surface area contributed by atoms with Gasteiger partial charge in [-0.1, -0.05) is 0 Å². The van der Waals surface area contributed by atoms with Crippen LogP contribution in [0.15, 0.2) is 35.3 Å². The number of aliphatic imine (C=N–C) groups is 1. The van der Waals surface area contributed by atoms with Gasteiger partial charge in [-0.25, -0.2) is 4.99 Å². The average Bonchev–Trinajstić information content (AvgIpc) is 2.81. The van der Waals surface area contributed by atoms with Crippen LogP contribution in [-0.2, 0) is 13.0 Å². The highest BCUT2D eigenvalue weighted by Gasteiger charge is 2.13. The van der Waals surface area contributed by atoms with Crippen molar-refractivity contribution in [2.45, 2.75) is 19.9 Å². The molecule has 31 heavy (non-hydrogen) atoms. The SMILES string of the molecule is CCNC(=NCc1cc(OC)c(OC)c(OC)c1)NCCc1cc(OC)ccc1OC. The first kappa shape index (κ1) is 24.0. The van der Waals surface area contributed by atoms with Crippen LogP contribution >= 0.6 is 0 Å². The molecule has 0 spiro atoms. The van der Waals surface area contributed by atoms with Gasteiger partial charge in [-0.2, -0.15) is 0 Å². The standard InChI is InChI=1S/C23H33N3O5/c1-7-24-23(25-11-10-17-14-18(27-2)8-9-19(17)28-3)26-15-16-12-20(29-4)22(31-6)21(13-16)30-5/h8-9,12-14H,7,10-11,15H2,1-6H3,(H2,24,25,26). The molecule has 0 saturated heterocycles. The predicted molar refractivity (Wildman–Crippen MR) is 122 cm³/mol. The van der Waals surface area contributed by atoms with Gasteiger partial charge in [0.1, 0.15) is 11.5 Å². The van der Waals surface area contributed by atoms with E-state index in [-0.39, 0.29) is 0 Å². The van der Waals surface area contributed by atoms with E-state index in [1.54, 1.807) is 35.5 Å². The van der Waals surface area contributed by atoms with Crippen LogP contribution in [0.4, 0.5) is 0 Å². The molecule has 0 aromatic heterocycles. The lowest BCUT2D eigenvalue weighted by atomic mass is 10.1. The Morgan fingerprint density at radius 2 is 1.48 bits per heavy atom. The minimum absolute atomic E-state index is 0.453. The number of benzene rings is 2. The molecule has 0 unspecified atom stereocenters. The maximum Gasteiger partial charge on any atom is 0.203 e. The van der Waals surface area contributed by atoms with Gasteiger partial charge in [0.15, 0.2) is 17.5 Å². The van der Waals surface area contributed by atoms with Crippen molar-refractivity contribution in [3.63, 3.8) is 0 Å². The number of nitrogens with one attached hydrogen (secondary N) is 2. The molecule has 0 heterocycles. The van der Waals surface area contributed by atoms with Gasteiger partial charge < -0.3 is 34.3 Å². The third-order valence-electron chi connectivity index (χ3n) is 4.66. The molecular formula is C23H33N3O5. The minimum atomic E-state index is 0.453. The van der Waals surface area contributed by atoms with E-state index in [0.717, 1.165) is 41.6 Å². The number of nitrogens with zero attached hydrogens (tertiary/aromatic N) is 1. The molecule has 8 nitrogen and oxygen atoms in total. The van der Waals surface area contributed by atoms with Gasteiger partial charge in [0.05, 0.1) is 42.1 Å². The second-order valence-corrected chi connectivity index (χ2v) is 6.58. The zero-order valence-corrected chi connectivity index (χ0v) is 19.2. The van der Waals surface area contributed by atoms with Crippen molar-refractivity contribution >= 4 is 5.96 Å². The van der Waals surface area contributed by atoms with Gasteiger partial charge in [0.25, 0.3) is 0 Å². The van der Waals surface area contributed by atoms with Crippen molar-refractivity contribution in [3.05, 3.63) is 41.5 Å². The summed E-state index contributed by atoms with van der Waals surface area (Å²) in [5.74, 6) is 4.14. The smallest absolute Gasteiger partial charge is 0.203 e. The number of ether oxygens (including phenoxy) is 5. The van der Waals surface area contributed by atoms with Gasteiger partial charge in [-0.05, 0) is 54.8 Å². The molecule has 0 aliphatic heterocycles. The first-order valence-corrected chi connectivity index (χ1v) is 10.1. The quantitative estimate of drug-likeness (QED) is 0.418. The molecular weight excluding hydrogens is 398 g/mol. The highest BCUT2D eigenvalue weighted by Crippen LogP contribution is 2.38. The second-order valence-electron chi connectivity index (χ2n) is 6.58. The third kappa shape index (κ3) is 6.60. The summed E-state index contributed by atoms with van der Waals surface area (Å²) in [6.07, 6.45) is 0.759. The summed E-state index contributed by atoms with van der Waals surface area (Å²) in [6.45, 7) is 3.92. The predicted octanol–water partition coefficient (Wildman–Crippen LogP) is 3.03. The molecule has 0 radical (unpaired) electrons. The number of hydrogen-bond donors (Lipinski definition) is 2. The lowest BCUT2D eigenvalue weighted by Gasteiger charge is -2.15. The summed E-state index contributed by atoms with van der Waals surface area (Å²) in [5.41, 5.74) is 2.01. The molecule has 2 aromatic rings. The zero-order valence-electron chi connectivity index (χ0n) is 19.2. The van der Waals surface area contributed by atoms with Crippen molar-refractivity contribution < 1.29 is 23.7 Å². The molecule has 2 aromatic carbocycles. The summed E-state index contributed by atoms with van der Waals surface area (Å²) in [4.78, 5) is 4.68. The first-order chi connectivity index (χ1) is 15.1. The molecule has 0 atom stereocenters. The van der Waals surface area contributed by atoms with Crippen molar-refractivity contribution in [1.29, 1.82) is 0 Å². The van der Waals surface area contributed by atoms with Gasteiger partial charge in [-0.15, -0.1) is 0 Å². The Balaban J connectivity index is 2.09. The fourth-order valence-corrected chi connectivity index (χ4v) is 3.13. The van der Waals surface area contributed by atoms with Crippen LogP contribution in [0.1, 0.15) is 18.1 Å². The Morgan fingerprint density at radius 3 is 2.03 bits per heavy atom. The van der Waals surface area contributed by atoms with Gasteiger partial charge >= 0.3 is 0 Å². The average molecular weight is 432 g/mol. The van der Waals surface area contributed by atoms with E-state index in [9.17, 15) is 0 Å². The molecule has 2 rings (SSSR count). The number of hydrogen-bond acceptors (Lipinski definition) is 6. The van der Waals surface area contributed by atoms with Crippen molar-refractivity contribution in [3.8, 4) is 28.7 Å².